The van der Waals surface area contributed by atoms with Crippen molar-refractivity contribution in [2.24, 2.45) is 0 Å². The lowest BCUT2D eigenvalue weighted by Crippen LogP contribution is -2.18. The molecule has 0 saturated heterocycles. The molecule has 0 aliphatic heterocycles. The molecule has 0 unspecified atom stereocenters. The Morgan fingerprint density at radius 1 is 1.20 bits per heavy atom. The molecule has 0 radical (unpaired) electrons. The number of nitrogens with zero attached hydrogens (tertiary/aromatic N) is 3. The second-order valence-corrected chi connectivity index (χ2v) is 6.13. The SMILES string of the molecule is Cc1nc(-c2ccc(Br)cn2)nc(C)c1CNC1CC1. The molecule has 1 aliphatic rings. The van der Waals surface area contributed by atoms with E-state index in [4.69, 9.17) is 0 Å². The van der Waals surface area contributed by atoms with Crippen LogP contribution in [0.15, 0.2) is 22.8 Å². The minimum absolute atomic E-state index is 0.696. The number of hydrogen-bond donors (Lipinski definition) is 1. The minimum atomic E-state index is 0.696. The molecule has 5 heteroatoms. The molecule has 0 bridgehead atoms. The third-order valence-electron chi connectivity index (χ3n) is 3.52. The van der Waals surface area contributed by atoms with Crippen molar-refractivity contribution in [2.45, 2.75) is 39.3 Å². The Kier molecular flexibility index (Phi) is 3.81. The van der Waals surface area contributed by atoms with Gasteiger partial charge in [-0.1, -0.05) is 0 Å². The van der Waals surface area contributed by atoms with Gasteiger partial charge in [-0.3, -0.25) is 4.98 Å². The highest BCUT2D eigenvalue weighted by atomic mass is 79.9. The topological polar surface area (TPSA) is 50.7 Å². The van der Waals surface area contributed by atoms with E-state index in [0.29, 0.717) is 11.9 Å². The zero-order valence-corrected chi connectivity index (χ0v) is 13.2. The summed E-state index contributed by atoms with van der Waals surface area (Å²) in [6, 6.07) is 4.58. The predicted octanol–water partition coefficient (Wildman–Crippen LogP) is 3.17. The zero-order valence-electron chi connectivity index (χ0n) is 11.7. The van der Waals surface area contributed by atoms with Gasteiger partial charge in [-0.15, -0.1) is 0 Å². The minimum Gasteiger partial charge on any atom is -0.310 e. The third-order valence-corrected chi connectivity index (χ3v) is 3.99. The molecule has 0 aromatic carbocycles. The Morgan fingerprint density at radius 3 is 2.45 bits per heavy atom. The first-order valence-corrected chi connectivity index (χ1v) is 7.62. The van der Waals surface area contributed by atoms with Gasteiger partial charge in [0.1, 0.15) is 5.69 Å². The van der Waals surface area contributed by atoms with E-state index >= 15 is 0 Å². The lowest BCUT2D eigenvalue weighted by molar-refractivity contribution is 0.675. The quantitative estimate of drug-likeness (QED) is 0.934. The Balaban J connectivity index is 1.87. The van der Waals surface area contributed by atoms with Crippen molar-refractivity contribution in [1.82, 2.24) is 20.3 Å². The van der Waals surface area contributed by atoms with Crippen molar-refractivity contribution in [3.8, 4) is 11.5 Å². The van der Waals surface area contributed by atoms with Crippen LogP contribution >= 0.6 is 15.9 Å². The number of pyridine rings is 1. The summed E-state index contributed by atoms with van der Waals surface area (Å²) in [5.74, 6) is 0.697. The number of rotatable bonds is 4. The molecular weight excluding hydrogens is 316 g/mol. The Labute approximate surface area is 127 Å². The van der Waals surface area contributed by atoms with Crippen LogP contribution in [0.4, 0.5) is 0 Å². The van der Waals surface area contributed by atoms with Crippen LogP contribution in [-0.4, -0.2) is 21.0 Å². The van der Waals surface area contributed by atoms with E-state index in [2.05, 4.69) is 36.2 Å². The van der Waals surface area contributed by atoms with Crippen LogP contribution in [0.1, 0.15) is 29.8 Å². The lowest BCUT2D eigenvalue weighted by Gasteiger charge is -2.11. The second kappa shape index (κ2) is 5.58. The molecule has 1 N–H and O–H groups in total. The number of aromatic nitrogens is 3. The molecule has 4 nitrogen and oxygen atoms in total. The molecule has 104 valence electrons. The van der Waals surface area contributed by atoms with E-state index in [1.807, 2.05) is 26.0 Å². The highest BCUT2D eigenvalue weighted by molar-refractivity contribution is 9.10. The Bertz CT molecular complexity index is 597. The lowest BCUT2D eigenvalue weighted by atomic mass is 10.1. The van der Waals surface area contributed by atoms with Crippen molar-refractivity contribution >= 4 is 15.9 Å². The van der Waals surface area contributed by atoms with Gasteiger partial charge in [0, 0.05) is 40.2 Å². The van der Waals surface area contributed by atoms with Gasteiger partial charge >= 0.3 is 0 Å². The van der Waals surface area contributed by atoms with Crippen LogP contribution in [0.5, 0.6) is 0 Å². The van der Waals surface area contributed by atoms with Gasteiger partial charge in [0.25, 0.3) is 0 Å². The summed E-state index contributed by atoms with van der Waals surface area (Å²) in [5, 5.41) is 3.52. The fraction of sp³-hybridized carbons (Fsp3) is 0.400. The van der Waals surface area contributed by atoms with E-state index in [1.165, 1.54) is 18.4 Å². The summed E-state index contributed by atoms with van der Waals surface area (Å²) in [5.41, 5.74) is 4.08. The van der Waals surface area contributed by atoms with Gasteiger partial charge in [-0.2, -0.15) is 0 Å². The summed E-state index contributed by atoms with van der Waals surface area (Å²) >= 11 is 3.39. The zero-order chi connectivity index (χ0) is 14.1. The van der Waals surface area contributed by atoms with Crippen LogP contribution in [0.2, 0.25) is 0 Å². The molecule has 1 aliphatic carbocycles. The van der Waals surface area contributed by atoms with Gasteiger partial charge < -0.3 is 5.32 Å². The molecule has 3 rings (SSSR count). The number of halogens is 1. The summed E-state index contributed by atoms with van der Waals surface area (Å²) in [6.07, 6.45) is 4.35. The second-order valence-electron chi connectivity index (χ2n) is 5.21. The normalized spacial score (nSPS) is 14.6. The first-order valence-electron chi connectivity index (χ1n) is 6.83. The average molecular weight is 333 g/mol. The van der Waals surface area contributed by atoms with Crippen molar-refractivity contribution in [1.29, 1.82) is 0 Å². The first kappa shape index (κ1) is 13.6. The summed E-state index contributed by atoms with van der Waals surface area (Å²) in [4.78, 5) is 13.6. The average Bonchev–Trinajstić information content (AvgIpc) is 3.22. The van der Waals surface area contributed by atoms with Crippen molar-refractivity contribution in [3.63, 3.8) is 0 Å². The molecule has 20 heavy (non-hydrogen) atoms. The highest BCUT2D eigenvalue weighted by Gasteiger charge is 2.21. The monoisotopic (exact) mass is 332 g/mol. The number of aryl methyl sites for hydroxylation is 2. The highest BCUT2D eigenvalue weighted by Crippen LogP contribution is 2.22. The maximum atomic E-state index is 4.60. The van der Waals surface area contributed by atoms with Crippen molar-refractivity contribution < 1.29 is 0 Å². The summed E-state index contributed by atoms with van der Waals surface area (Å²) in [7, 11) is 0. The first-order chi connectivity index (χ1) is 9.63. The smallest absolute Gasteiger partial charge is 0.178 e. The molecule has 1 saturated carbocycles. The van der Waals surface area contributed by atoms with Crippen molar-refractivity contribution in [2.75, 3.05) is 0 Å². The molecule has 2 aromatic heterocycles. The van der Waals surface area contributed by atoms with Crippen LogP contribution in [-0.2, 0) is 6.54 Å². The molecule has 0 amide bonds. The van der Waals surface area contributed by atoms with Gasteiger partial charge in [0.15, 0.2) is 5.82 Å². The third kappa shape index (κ3) is 3.04. The van der Waals surface area contributed by atoms with Gasteiger partial charge in [0.2, 0.25) is 0 Å². The van der Waals surface area contributed by atoms with Gasteiger partial charge in [0.05, 0.1) is 0 Å². The Morgan fingerprint density at radius 2 is 1.90 bits per heavy atom. The molecular formula is C15H17BrN4. The molecule has 0 spiro atoms. The van der Waals surface area contributed by atoms with E-state index in [0.717, 1.165) is 28.1 Å². The fourth-order valence-electron chi connectivity index (χ4n) is 2.15. The molecule has 2 heterocycles. The maximum absolute atomic E-state index is 4.60. The predicted molar refractivity (Wildman–Crippen MR) is 82.3 cm³/mol. The standard InChI is InChI=1S/C15H17BrN4/c1-9-13(8-17-12-4-5-12)10(2)20-15(19-9)14-6-3-11(16)7-18-14/h3,6-7,12,17H,4-5,8H2,1-2H3. The molecule has 1 fully saturated rings. The van der Waals surface area contributed by atoms with E-state index < -0.39 is 0 Å². The van der Waals surface area contributed by atoms with E-state index in [9.17, 15) is 0 Å². The molecule has 2 aromatic rings. The Hall–Kier alpha value is -1.33. The largest absolute Gasteiger partial charge is 0.310 e. The fourth-order valence-corrected chi connectivity index (χ4v) is 2.39. The number of hydrogen-bond acceptors (Lipinski definition) is 4. The molecule has 0 atom stereocenters. The number of nitrogens with one attached hydrogen (secondary N) is 1. The van der Waals surface area contributed by atoms with Crippen LogP contribution in [0.3, 0.4) is 0 Å². The van der Waals surface area contributed by atoms with Crippen molar-refractivity contribution in [3.05, 3.63) is 39.8 Å². The van der Waals surface area contributed by atoms with Gasteiger partial charge in [-0.25, -0.2) is 9.97 Å². The van der Waals surface area contributed by atoms with Crippen LogP contribution in [0, 0.1) is 13.8 Å². The van der Waals surface area contributed by atoms with Crippen LogP contribution < -0.4 is 5.32 Å². The van der Waals surface area contributed by atoms with Gasteiger partial charge in [-0.05, 0) is 54.8 Å². The summed E-state index contributed by atoms with van der Waals surface area (Å²) in [6.45, 7) is 4.94. The maximum Gasteiger partial charge on any atom is 0.178 e. The summed E-state index contributed by atoms with van der Waals surface area (Å²) < 4.78 is 0.958. The van der Waals surface area contributed by atoms with E-state index in [-0.39, 0.29) is 0 Å². The van der Waals surface area contributed by atoms with E-state index in [1.54, 1.807) is 6.20 Å². The van der Waals surface area contributed by atoms with Crippen LogP contribution in [0.25, 0.3) is 11.5 Å².